The number of nitrogens with one attached hydrogen (secondary N) is 1. The number of hydrogen-bond donors (Lipinski definition) is 1. The summed E-state index contributed by atoms with van der Waals surface area (Å²) in [5.41, 5.74) is 0.992. The zero-order chi connectivity index (χ0) is 12.1. The molecule has 17 heavy (non-hydrogen) atoms. The molecule has 0 aliphatic heterocycles. The maximum atomic E-state index is 6.10. The maximum Gasteiger partial charge on any atom is 0.0652 e. The minimum atomic E-state index is 0.688. The summed E-state index contributed by atoms with van der Waals surface area (Å²) in [5, 5.41) is 4.79. The molecule has 2 rings (SSSR count). The third-order valence-electron chi connectivity index (χ3n) is 3.52. The number of halogens is 2. The van der Waals surface area contributed by atoms with E-state index in [9.17, 15) is 0 Å². The van der Waals surface area contributed by atoms with Crippen LogP contribution in [-0.4, -0.2) is 6.54 Å². The second kappa shape index (κ2) is 6.51. The largest absolute Gasteiger partial charge is 0.384 e. The summed E-state index contributed by atoms with van der Waals surface area (Å²) in [7, 11) is 0. The highest BCUT2D eigenvalue weighted by Crippen LogP contribution is 2.28. The molecule has 1 aliphatic rings. The van der Waals surface area contributed by atoms with E-state index in [1.54, 1.807) is 6.07 Å². The molecular formula is C14H19Cl2N. The molecule has 0 bridgehead atoms. The fourth-order valence-corrected chi connectivity index (χ4v) is 2.99. The SMILES string of the molecule is Clc1ccc(NCCC2CCCCC2)c(Cl)c1. The van der Waals surface area contributed by atoms with Crippen LogP contribution in [0.5, 0.6) is 0 Å². The van der Waals surface area contributed by atoms with Crippen molar-refractivity contribution >= 4 is 28.9 Å². The Morgan fingerprint density at radius 3 is 2.59 bits per heavy atom. The highest BCUT2D eigenvalue weighted by molar-refractivity contribution is 6.36. The van der Waals surface area contributed by atoms with Crippen LogP contribution in [0, 0.1) is 5.92 Å². The summed E-state index contributed by atoms with van der Waals surface area (Å²) < 4.78 is 0. The minimum absolute atomic E-state index is 0.688. The average Bonchev–Trinajstić information content (AvgIpc) is 2.33. The van der Waals surface area contributed by atoms with Gasteiger partial charge in [0.2, 0.25) is 0 Å². The van der Waals surface area contributed by atoms with Gasteiger partial charge >= 0.3 is 0 Å². The fraction of sp³-hybridized carbons (Fsp3) is 0.571. The molecule has 0 saturated heterocycles. The first-order valence-corrected chi connectivity index (χ1v) is 7.20. The van der Waals surface area contributed by atoms with Gasteiger partial charge in [-0.2, -0.15) is 0 Å². The Morgan fingerprint density at radius 1 is 1.12 bits per heavy atom. The molecule has 0 spiro atoms. The molecule has 1 aromatic rings. The molecule has 1 aromatic carbocycles. The van der Waals surface area contributed by atoms with E-state index in [0.29, 0.717) is 10.0 Å². The predicted octanol–water partition coefficient (Wildman–Crippen LogP) is 5.38. The van der Waals surface area contributed by atoms with Crippen molar-refractivity contribution in [3.63, 3.8) is 0 Å². The third kappa shape index (κ3) is 4.08. The standard InChI is InChI=1S/C14H19Cl2N/c15-12-6-7-14(13(16)10-12)17-9-8-11-4-2-1-3-5-11/h6-7,10-11,17H,1-5,8-9H2. The smallest absolute Gasteiger partial charge is 0.0652 e. The van der Waals surface area contributed by atoms with E-state index in [1.165, 1.54) is 38.5 Å². The molecule has 0 amide bonds. The van der Waals surface area contributed by atoms with Gasteiger partial charge in [0.25, 0.3) is 0 Å². The molecule has 94 valence electrons. The summed E-state index contributed by atoms with van der Waals surface area (Å²) >= 11 is 12.0. The average molecular weight is 272 g/mol. The number of hydrogen-bond acceptors (Lipinski definition) is 1. The highest BCUT2D eigenvalue weighted by atomic mass is 35.5. The van der Waals surface area contributed by atoms with Gasteiger partial charge in [-0.25, -0.2) is 0 Å². The van der Waals surface area contributed by atoms with Crippen LogP contribution in [0.25, 0.3) is 0 Å². The fourth-order valence-electron chi connectivity index (χ4n) is 2.52. The van der Waals surface area contributed by atoms with Gasteiger partial charge in [-0.1, -0.05) is 55.3 Å². The summed E-state index contributed by atoms with van der Waals surface area (Å²) in [6, 6.07) is 5.61. The highest BCUT2D eigenvalue weighted by Gasteiger charge is 2.12. The summed E-state index contributed by atoms with van der Waals surface area (Å²) in [5.74, 6) is 0.905. The predicted molar refractivity (Wildman–Crippen MR) is 76.1 cm³/mol. The van der Waals surface area contributed by atoms with E-state index in [0.717, 1.165) is 18.2 Å². The Kier molecular flexibility index (Phi) is 4.99. The lowest BCUT2D eigenvalue weighted by Crippen LogP contribution is -2.12. The molecule has 1 saturated carbocycles. The molecule has 0 radical (unpaired) electrons. The van der Waals surface area contributed by atoms with E-state index < -0.39 is 0 Å². The number of anilines is 1. The van der Waals surface area contributed by atoms with E-state index >= 15 is 0 Å². The summed E-state index contributed by atoms with van der Waals surface area (Å²) in [6.45, 7) is 1.01. The minimum Gasteiger partial charge on any atom is -0.384 e. The number of benzene rings is 1. The van der Waals surface area contributed by atoms with Crippen molar-refractivity contribution in [3.05, 3.63) is 28.2 Å². The van der Waals surface area contributed by atoms with Crippen LogP contribution in [0.2, 0.25) is 10.0 Å². The van der Waals surface area contributed by atoms with Crippen LogP contribution in [0.4, 0.5) is 5.69 Å². The van der Waals surface area contributed by atoms with Crippen molar-refractivity contribution in [2.24, 2.45) is 5.92 Å². The zero-order valence-electron chi connectivity index (χ0n) is 10.0. The van der Waals surface area contributed by atoms with Gasteiger partial charge in [-0.15, -0.1) is 0 Å². The van der Waals surface area contributed by atoms with Crippen molar-refractivity contribution in [1.29, 1.82) is 0 Å². The first-order valence-electron chi connectivity index (χ1n) is 6.44. The quantitative estimate of drug-likeness (QED) is 0.776. The first-order chi connectivity index (χ1) is 8.25. The molecule has 0 heterocycles. The van der Waals surface area contributed by atoms with Crippen LogP contribution in [0.1, 0.15) is 38.5 Å². The van der Waals surface area contributed by atoms with Crippen molar-refractivity contribution in [3.8, 4) is 0 Å². The van der Waals surface area contributed by atoms with Crippen LogP contribution in [-0.2, 0) is 0 Å². The molecule has 1 aliphatic carbocycles. The van der Waals surface area contributed by atoms with Gasteiger partial charge in [-0.3, -0.25) is 0 Å². The van der Waals surface area contributed by atoms with Gasteiger partial charge in [0, 0.05) is 11.6 Å². The zero-order valence-corrected chi connectivity index (χ0v) is 11.5. The van der Waals surface area contributed by atoms with E-state index in [-0.39, 0.29) is 0 Å². The van der Waals surface area contributed by atoms with Crippen LogP contribution >= 0.6 is 23.2 Å². The van der Waals surface area contributed by atoms with E-state index in [2.05, 4.69) is 5.32 Å². The molecule has 1 N–H and O–H groups in total. The third-order valence-corrected chi connectivity index (χ3v) is 4.07. The lowest BCUT2D eigenvalue weighted by molar-refractivity contribution is 0.345. The Labute approximate surface area is 114 Å². The van der Waals surface area contributed by atoms with Gasteiger partial charge in [-0.05, 0) is 30.5 Å². The van der Waals surface area contributed by atoms with Crippen molar-refractivity contribution in [1.82, 2.24) is 0 Å². The summed E-state index contributed by atoms with van der Waals surface area (Å²) in [4.78, 5) is 0. The van der Waals surface area contributed by atoms with Crippen molar-refractivity contribution < 1.29 is 0 Å². The first kappa shape index (κ1) is 13.0. The lowest BCUT2D eigenvalue weighted by Gasteiger charge is -2.21. The lowest BCUT2D eigenvalue weighted by atomic mass is 9.87. The normalized spacial score (nSPS) is 17.1. The number of rotatable bonds is 4. The molecule has 3 heteroatoms. The van der Waals surface area contributed by atoms with Crippen LogP contribution < -0.4 is 5.32 Å². The van der Waals surface area contributed by atoms with Gasteiger partial charge in [0.1, 0.15) is 0 Å². The maximum absolute atomic E-state index is 6.10. The van der Waals surface area contributed by atoms with Gasteiger partial charge in [0.15, 0.2) is 0 Å². The van der Waals surface area contributed by atoms with Crippen LogP contribution in [0.15, 0.2) is 18.2 Å². The van der Waals surface area contributed by atoms with Crippen molar-refractivity contribution in [2.45, 2.75) is 38.5 Å². The molecule has 0 atom stereocenters. The molecular weight excluding hydrogens is 253 g/mol. The Morgan fingerprint density at radius 2 is 1.88 bits per heavy atom. The Balaban J connectivity index is 1.77. The summed E-state index contributed by atoms with van der Waals surface area (Å²) in [6.07, 6.45) is 8.29. The second-order valence-corrected chi connectivity index (χ2v) is 5.69. The molecule has 1 nitrogen and oxygen atoms in total. The van der Waals surface area contributed by atoms with E-state index in [1.807, 2.05) is 12.1 Å². The topological polar surface area (TPSA) is 12.0 Å². The van der Waals surface area contributed by atoms with Gasteiger partial charge < -0.3 is 5.32 Å². The van der Waals surface area contributed by atoms with Gasteiger partial charge in [0.05, 0.1) is 10.7 Å². The van der Waals surface area contributed by atoms with Crippen LogP contribution in [0.3, 0.4) is 0 Å². The van der Waals surface area contributed by atoms with E-state index in [4.69, 9.17) is 23.2 Å². The monoisotopic (exact) mass is 271 g/mol. The molecule has 1 fully saturated rings. The molecule has 0 aromatic heterocycles. The molecule has 0 unspecified atom stereocenters. The van der Waals surface area contributed by atoms with Crippen molar-refractivity contribution in [2.75, 3.05) is 11.9 Å². The second-order valence-electron chi connectivity index (χ2n) is 4.84. The Hall–Kier alpha value is -0.400. The Bertz CT molecular complexity index is 359.